The summed E-state index contributed by atoms with van der Waals surface area (Å²) in [5.41, 5.74) is 3.12. The average Bonchev–Trinajstić information content (AvgIpc) is 3.00. The number of aliphatic hydroxyl groups is 1. The number of nitrogens with one attached hydrogen (secondary N) is 1. The highest BCUT2D eigenvalue weighted by Gasteiger charge is 2.21. The Morgan fingerprint density at radius 2 is 1.84 bits per heavy atom. The number of hydrogen-bond donors (Lipinski definition) is 2. The summed E-state index contributed by atoms with van der Waals surface area (Å²) >= 11 is 0. The van der Waals surface area contributed by atoms with Gasteiger partial charge in [0.2, 0.25) is 5.88 Å². The number of halogens is 1. The van der Waals surface area contributed by atoms with Crippen LogP contribution < -0.4 is 25.0 Å². The first kappa shape index (κ1) is 30.7. The highest BCUT2D eigenvalue weighted by molar-refractivity contribution is 5.87. The standard InChI is InChI=1S/C33H36FN5O5/c1-7-20-8-10-26-23(14-20)31(40)30(19(2)39(26)5)32(41)37-21-9-11-27(24(34)15-21)44-33-22-16-28(42-6)29(43-13-12-38(3)4)17-25(22)35-18-36-33/h8-11,14-18,32,37,41H,7,12-13H2,1-6H3. The number of fused-ring (bicyclic) bond motifs is 2. The normalized spacial score (nSPS) is 12.1. The van der Waals surface area contributed by atoms with Crippen LogP contribution in [-0.2, 0) is 13.5 Å². The number of pyridine rings is 1. The van der Waals surface area contributed by atoms with Crippen LogP contribution in [0.3, 0.4) is 0 Å². The third kappa shape index (κ3) is 6.15. The molecule has 44 heavy (non-hydrogen) atoms. The molecule has 0 fully saturated rings. The van der Waals surface area contributed by atoms with Crippen molar-refractivity contribution in [3.05, 3.63) is 87.7 Å². The average molecular weight is 602 g/mol. The number of methoxy groups -OCH3 is 1. The van der Waals surface area contributed by atoms with E-state index in [9.17, 15) is 9.90 Å². The zero-order valence-electron chi connectivity index (χ0n) is 25.6. The monoisotopic (exact) mass is 601 g/mol. The van der Waals surface area contributed by atoms with Crippen LogP contribution in [0.5, 0.6) is 23.1 Å². The fraction of sp³-hybridized carbons (Fsp3) is 0.303. The maximum atomic E-state index is 15.3. The lowest BCUT2D eigenvalue weighted by Crippen LogP contribution is -2.24. The Labute approximate surface area is 254 Å². The van der Waals surface area contributed by atoms with E-state index in [4.69, 9.17) is 14.2 Å². The third-order valence-electron chi connectivity index (χ3n) is 7.61. The van der Waals surface area contributed by atoms with E-state index in [1.807, 2.05) is 55.7 Å². The minimum atomic E-state index is -1.37. The number of hydrogen-bond acceptors (Lipinski definition) is 9. The molecular formula is C33H36FN5O5. The Balaban J connectivity index is 1.39. The number of aliphatic hydroxyl groups excluding tert-OH is 1. The lowest BCUT2D eigenvalue weighted by Gasteiger charge is -2.20. The number of anilines is 1. The Morgan fingerprint density at radius 1 is 1.05 bits per heavy atom. The van der Waals surface area contributed by atoms with Crippen molar-refractivity contribution in [2.45, 2.75) is 26.5 Å². The lowest BCUT2D eigenvalue weighted by molar-refractivity contribution is 0.205. The molecule has 0 saturated heterocycles. The molecule has 0 aliphatic rings. The van der Waals surface area contributed by atoms with Gasteiger partial charge in [0, 0.05) is 42.5 Å². The Bertz CT molecular complexity index is 1890. The Hall–Kier alpha value is -4.74. The molecule has 11 heteroatoms. The van der Waals surface area contributed by atoms with Gasteiger partial charge in [-0.25, -0.2) is 14.4 Å². The minimum absolute atomic E-state index is 0.0831. The van der Waals surface area contributed by atoms with Gasteiger partial charge in [-0.15, -0.1) is 0 Å². The first-order valence-electron chi connectivity index (χ1n) is 14.3. The van der Waals surface area contributed by atoms with Crippen molar-refractivity contribution >= 4 is 27.5 Å². The van der Waals surface area contributed by atoms with Crippen molar-refractivity contribution in [1.29, 1.82) is 0 Å². The summed E-state index contributed by atoms with van der Waals surface area (Å²) in [6.07, 6.45) is 0.733. The SMILES string of the molecule is CCc1ccc2c(c1)c(=O)c(C(O)Nc1ccc(Oc3ncnc4cc(OCCN(C)C)c(OC)cc34)c(F)c1)c(C)n2C. The van der Waals surface area contributed by atoms with E-state index in [1.165, 1.54) is 25.6 Å². The van der Waals surface area contributed by atoms with E-state index in [2.05, 4.69) is 15.3 Å². The van der Waals surface area contributed by atoms with Gasteiger partial charge in [0.15, 0.2) is 34.7 Å². The van der Waals surface area contributed by atoms with E-state index in [1.54, 1.807) is 25.1 Å². The molecule has 2 heterocycles. The van der Waals surface area contributed by atoms with Crippen LogP contribution in [0, 0.1) is 12.7 Å². The van der Waals surface area contributed by atoms with Gasteiger partial charge in [-0.3, -0.25) is 4.79 Å². The van der Waals surface area contributed by atoms with Crippen molar-refractivity contribution in [2.24, 2.45) is 7.05 Å². The minimum Gasteiger partial charge on any atom is -0.493 e. The van der Waals surface area contributed by atoms with Gasteiger partial charge >= 0.3 is 0 Å². The van der Waals surface area contributed by atoms with Crippen molar-refractivity contribution in [1.82, 2.24) is 19.4 Å². The first-order chi connectivity index (χ1) is 21.1. The third-order valence-corrected chi connectivity index (χ3v) is 7.61. The van der Waals surface area contributed by atoms with Gasteiger partial charge in [0.25, 0.3) is 0 Å². The maximum Gasteiger partial charge on any atom is 0.230 e. The van der Waals surface area contributed by atoms with E-state index in [0.717, 1.165) is 24.0 Å². The molecule has 0 aliphatic carbocycles. The van der Waals surface area contributed by atoms with Crippen molar-refractivity contribution in [3.8, 4) is 23.1 Å². The molecule has 5 aromatic rings. The van der Waals surface area contributed by atoms with Crippen LogP contribution in [0.25, 0.3) is 21.8 Å². The van der Waals surface area contributed by atoms with E-state index >= 15 is 4.39 Å². The fourth-order valence-corrected chi connectivity index (χ4v) is 5.01. The van der Waals surface area contributed by atoms with Crippen molar-refractivity contribution in [2.75, 3.05) is 39.7 Å². The van der Waals surface area contributed by atoms with Gasteiger partial charge in [0.05, 0.1) is 29.1 Å². The van der Waals surface area contributed by atoms with Crippen LogP contribution in [-0.4, -0.2) is 58.9 Å². The molecule has 230 valence electrons. The summed E-state index contributed by atoms with van der Waals surface area (Å²) in [5, 5.41) is 15.0. The van der Waals surface area contributed by atoms with Gasteiger partial charge in [0.1, 0.15) is 12.9 Å². The zero-order valence-corrected chi connectivity index (χ0v) is 25.6. The van der Waals surface area contributed by atoms with Crippen LogP contribution in [0.4, 0.5) is 10.1 Å². The summed E-state index contributed by atoms with van der Waals surface area (Å²) in [5.74, 6) is 0.343. The smallest absolute Gasteiger partial charge is 0.230 e. The number of aromatic nitrogens is 3. The summed E-state index contributed by atoms with van der Waals surface area (Å²) in [6.45, 7) is 4.96. The molecule has 0 aliphatic heterocycles. The number of benzene rings is 3. The molecule has 2 N–H and O–H groups in total. The first-order valence-corrected chi connectivity index (χ1v) is 14.3. The lowest BCUT2D eigenvalue weighted by atomic mass is 10.0. The molecule has 2 aromatic heterocycles. The molecular weight excluding hydrogens is 565 g/mol. The number of nitrogens with zero attached hydrogens (tertiary/aromatic N) is 4. The largest absolute Gasteiger partial charge is 0.493 e. The van der Waals surface area contributed by atoms with E-state index < -0.39 is 12.0 Å². The van der Waals surface area contributed by atoms with E-state index in [0.29, 0.717) is 40.1 Å². The van der Waals surface area contributed by atoms with Gasteiger partial charge in [-0.05, 0) is 63.3 Å². The highest BCUT2D eigenvalue weighted by Crippen LogP contribution is 2.37. The molecule has 1 unspecified atom stereocenters. The molecule has 0 spiro atoms. The predicted octanol–water partition coefficient (Wildman–Crippen LogP) is 5.34. The van der Waals surface area contributed by atoms with Crippen LogP contribution in [0.1, 0.15) is 30.0 Å². The maximum absolute atomic E-state index is 15.3. The van der Waals surface area contributed by atoms with Crippen molar-refractivity contribution < 1.29 is 23.7 Å². The van der Waals surface area contributed by atoms with Crippen molar-refractivity contribution in [3.63, 3.8) is 0 Å². The Morgan fingerprint density at radius 3 is 2.55 bits per heavy atom. The second-order valence-electron chi connectivity index (χ2n) is 10.7. The predicted molar refractivity (Wildman–Crippen MR) is 168 cm³/mol. The van der Waals surface area contributed by atoms with Gasteiger partial charge in [-0.2, -0.15) is 0 Å². The number of ether oxygens (including phenoxy) is 3. The molecule has 3 aromatic carbocycles. The zero-order chi connectivity index (χ0) is 31.5. The molecule has 0 saturated carbocycles. The quantitative estimate of drug-likeness (QED) is 0.194. The second kappa shape index (κ2) is 12.9. The van der Waals surface area contributed by atoms with Crippen LogP contribution in [0.15, 0.2) is 59.7 Å². The highest BCUT2D eigenvalue weighted by atomic mass is 19.1. The molecule has 0 radical (unpaired) electrons. The van der Waals surface area contributed by atoms with Gasteiger partial charge < -0.3 is 34.1 Å². The summed E-state index contributed by atoms with van der Waals surface area (Å²) in [6, 6.07) is 13.3. The number of rotatable bonds is 11. The fourth-order valence-electron chi connectivity index (χ4n) is 5.01. The number of likely N-dealkylation sites (N-methyl/N-ethyl adjacent to an activating group) is 1. The van der Waals surface area contributed by atoms with Crippen LogP contribution in [0.2, 0.25) is 0 Å². The summed E-state index contributed by atoms with van der Waals surface area (Å²) in [4.78, 5) is 24.0. The topological polar surface area (TPSA) is 111 Å². The van der Waals surface area contributed by atoms with Gasteiger partial charge in [-0.1, -0.05) is 13.0 Å². The Kier molecular flexibility index (Phi) is 8.98. The summed E-state index contributed by atoms with van der Waals surface area (Å²) in [7, 11) is 7.28. The van der Waals surface area contributed by atoms with E-state index in [-0.39, 0.29) is 28.3 Å². The molecule has 10 nitrogen and oxygen atoms in total. The number of aryl methyl sites for hydroxylation is 2. The molecule has 5 rings (SSSR count). The molecule has 1 atom stereocenters. The molecule has 0 amide bonds. The second-order valence-corrected chi connectivity index (χ2v) is 10.7. The van der Waals surface area contributed by atoms with Crippen LogP contribution >= 0.6 is 0 Å². The summed E-state index contributed by atoms with van der Waals surface area (Å²) < 4.78 is 34.4. The molecule has 0 bridgehead atoms.